The number of furan rings is 1. The van der Waals surface area contributed by atoms with Gasteiger partial charge in [-0.2, -0.15) is 0 Å². The Kier molecular flexibility index (Phi) is 3.70. The summed E-state index contributed by atoms with van der Waals surface area (Å²) in [5, 5.41) is 5.81. The van der Waals surface area contributed by atoms with Crippen molar-refractivity contribution in [3.63, 3.8) is 0 Å². The highest BCUT2D eigenvalue weighted by atomic mass is 32.1. The molecule has 4 rings (SSSR count). The highest BCUT2D eigenvalue weighted by Crippen LogP contribution is 2.24. The minimum Gasteiger partial charge on any atom is -0.462 e. The van der Waals surface area contributed by atoms with E-state index in [9.17, 15) is 4.79 Å². The van der Waals surface area contributed by atoms with Crippen molar-refractivity contribution in [1.29, 1.82) is 0 Å². The van der Waals surface area contributed by atoms with Crippen LogP contribution in [0.1, 0.15) is 17.9 Å². The van der Waals surface area contributed by atoms with Gasteiger partial charge in [0, 0.05) is 36.8 Å². The highest BCUT2D eigenvalue weighted by molar-refractivity contribution is 7.13. The monoisotopic (exact) mass is 328 g/mol. The third kappa shape index (κ3) is 3.05. The normalized spacial score (nSPS) is 17.0. The Balaban J connectivity index is 1.36. The molecule has 3 aromatic rings. The van der Waals surface area contributed by atoms with Crippen LogP contribution in [0.2, 0.25) is 0 Å². The van der Waals surface area contributed by atoms with Gasteiger partial charge in [0.15, 0.2) is 10.8 Å². The Labute approximate surface area is 137 Å². The van der Waals surface area contributed by atoms with Crippen LogP contribution < -0.4 is 5.32 Å². The number of rotatable bonds is 4. The lowest BCUT2D eigenvalue weighted by Crippen LogP contribution is -2.41. The maximum absolute atomic E-state index is 12.2. The van der Waals surface area contributed by atoms with Crippen LogP contribution in [0.25, 0.3) is 10.8 Å². The maximum Gasteiger partial charge on any atom is 0.226 e. The molecule has 0 aromatic carbocycles. The quantitative estimate of drug-likeness (QED) is 0.797. The Morgan fingerprint density at radius 2 is 2.48 bits per heavy atom. The first kappa shape index (κ1) is 14.2. The highest BCUT2D eigenvalue weighted by Gasteiger charge is 2.20. The summed E-state index contributed by atoms with van der Waals surface area (Å²) in [6, 6.07) is 3.86. The van der Waals surface area contributed by atoms with Gasteiger partial charge in [0.25, 0.3) is 0 Å². The molecule has 0 fully saturated rings. The largest absolute Gasteiger partial charge is 0.462 e. The van der Waals surface area contributed by atoms with E-state index in [1.54, 1.807) is 6.26 Å². The average molecular weight is 328 g/mol. The van der Waals surface area contributed by atoms with E-state index < -0.39 is 0 Å². The number of aromatic nitrogens is 3. The van der Waals surface area contributed by atoms with Crippen LogP contribution in [0.3, 0.4) is 0 Å². The number of carbonyl (C=O) groups is 1. The van der Waals surface area contributed by atoms with E-state index in [1.165, 1.54) is 11.3 Å². The minimum absolute atomic E-state index is 0.00913. The van der Waals surface area contributed by atoms with E-state index in [2.05, 4.69) is 19.9 Å². The second kappa shape index (κ2) is 6.00. The number of aryl methyl sites for hydroxylation is 1. The van der Waals surface area contributed by atoms with Gasteiger partial charge in [-0.25, -0.2) is 9.97 Å². The van der Waals surface area contributed by atoms with Gasteiger partial charge in [0.05, 0.1) is 18.4 Å². The van der Waals surface area contributed by atoms with Crippen LogP contribution in [0.15, 0.2) is 40.6 Å². The van der Waals surface area contributed by atoms with Crippen molar-refractivity contribution < 1.29 is 9.21 Å². The lowest BCUT2D eigenvalue weighted by atomic mass is 10.1. The van der Waals surface area contributed by atoms with E-state index in [-0.39, 0.29) is 11.9 Å². The molecule has 4 heterocycles. The molecule has 6 nitrogen and oxygen atoms in total. The number of nitrogens with zero attached hydrogens (tertiary/aromatic N) is 3. The number of nitrogens with one attached hydrogen (secondary N) is 1. The summed E-state index contributed by atoms with van der Waals surface area (Å²) in [5.74, 6) is 1.84. The zero-order valence-electron chi connectivity index (χ0n) is 12.4. The first-order chi connectivity index (χ1) is 11.3. The molecule has 1 atom stereocenters. The molecule has 23 heavy (non-hydrogen) atoms. The molecule has 1 amide bonds. The minimum atomic E-state index is 0.00913. The molecule has 0 spiro atoms. The smallest absolute Gasteiger partial charge is 0.226 e. The summed E-state index contributed by atoms with van der Waals surface area (Å²) < 4.78 is 7.43. The molecule has 0 saturated carbocycles. The van der Waals surface area contributed by atoms with Gasteiger partial charge in [-0.3, -0.25) is 4.79 Å². The topological polar surface area (TPSA) is 73.0 Å². The Bertz CT molecular complexity index is 806. The second-order valence-electron chi connectivity index (χ2n) is 5.60. The molecule has 1 aliphatic rings. The van der Waals surface area contributed by atoms with E-state index in [4.69, 9.17) is 4.42 Å². The first-order valence-electron chi connectivity index (χ1n) is 7.55. The van der Waals surface area contributed by atoms with Crippen molar-refractivity contribution in [2.45, 2.75) is 31.8 Å². The molecule has 1 aliphatic heterocycles. The van der Waals surface area contributed by atoms with E-state index in [0.717, 1.165) is 41.7 Å². The van der Waals surface area contributed by atoms with Gasteiger partial charge in [-0.05, 0) is 18.6 Å². The Hall–Kier alpha value is -2.41. The number of hydrogen-bond acceptors (Lipinski definition) is 5. The third-order valence-electron chi connectivity index (χ3n) is 3.93. The fourth-order valence-corrected chi connectivity index (χ4v) is 3.62. The molecular weight excluding hydrogens is 312 g/mol. The van der Waals surface area contributed by atoms with Crippen molar-refractivity contribution in [3.05, 3.63) is 47.7 Å². The predicted octanol–water partition coefficient (Wildman–Crippen LogP) is 2.27. The molecule has 0 bridgehead atoms. The van der Waals surface area contributed by atoms with E-state index >= 15 is 0 Å². The van der Waals surface area contributed by atoms with Gasteiger partial charge in [0.2, 0.25) is 5.91 Å². The van der Waals surface area contributed by atoms with Crippen LogP contribution in [0.5, 0.6) is 0 Å². The molecular formula is C16H16N4O2S. The molecule has 0 radical (unpaired) electrons. The second-order valence-corrected chi connectivity index (χ2v) is 6.46. The predicted molar refractivity (Wildman–Crippen MR) is 86.0 cm³/mol. The molecule has 0 saturated heterocycles. The summed E-state index contributed by atoms with van der Waals surface area (Å²) >= 11 is 1.49. The van der Waals surface area contributed by atoms with Crippen LogP contribution >= 0.6 is 11.3 Å². The van der Waals surface area contributed by atoms with Gasteiger partial charge in [0.1, 0.15) is 5.82 Å². The van der Waals surface area contributed by atoms with Crippen molar-refractivity contribution >= 4 is 17.2 Å². The van der Waals surface area contributed by atoms with Crippen molar-refractivity contribution in [2.24, 2.45) is 0 Å². The number of carbonyl (C=O) groups excluding carboxylic acids is 1. The number of fused-ring (bicyclic) bond motifs is 1. The number of imidazole rings is 1. The summed E-state index contributed by atoms with van der Waals surface area (Å²) in [6.07, 6.45) is 7.52. The molecule has 3 aromatic heterocycles. The Morgan fingerprint density at radius 1 is 1.52 bits per heavy atom. The fourth-order valence-electron chi connectivity index (χ4n) is 2.83. The van der Waals surface area contributed by atoms with Crippen LogP contribution in [-0.2, 0) is 24.2 Å². The molecule has 1 N–H and O–H groups in total. The molecule has 1 unspecified atom stereocenters. The third-order valence-corrected chi connectivity index (χ3v) is 4.83. The Morgan fingerprint density at radius 3 is 3.35 bits per heavy atom. The lowest BCUT2D eigenvalue weighted by Gasteiger charge is -2.24. The van der Waals surface area contributed by atoms with Gasteiger partial charge in [-0.1, -0.05) is 0 Å². The fraction of sp³-hybridized carbons (Fsp3) is 0.312. The van der Waals surface area contributed by atoms with Gasteiger partial charge in [-0.15, -0.1) is 11.3 Å². The summed E-state index contributed by atoms with van der Waals surface area (Å²) in [4.78, 5) is 21.0. The van der Waals surface area contributed by atoms with Crippen molar-refractivity contribution in [1.82, 2.24) is 19.9 Å². The summed E-state index contributed by atoms with van der Waals surface area (Å²) in [5.41, 5.74) is 0.776. The lowest BCUT2D eigenvalue weighted by molar-refractivity contribution is -0.121. The van der Waals surface area contributed by atoms with Crippen molar-refractivity contribution in [3.8, 4) is 10.8 Å². The summed E-state index contributed by atoms with van der Waals surface area (Å²) in [7, 11) is 0. The average Bonchev–Trinajstić information content (AvgIpc) is 3.27. The first-order valence-corrected chi connectivity index (χ1v) is 8.43. The standard InChI is InChI=1S/C16H16N4O2S/c21-15(18-11-3-4-14-17-5-6-20(14)9-11)8-12-10-23-16(19-12)13-2-1-7-22-13/h1-2,5-7,10-11H,3-4,8-9H2,(H,18,21). The zero-order valence-corrected chi connectivity index (χ0v) is 13.3. The molecule has 7 heteroatoms. The zero-order chi connectivity index (χ0) is 15.6. The number of thiazole rings is 1. The van der Waals surface area contributed by atoms with Crippen LogP contribution in [0, 0.1) is 0 Å². The molecule has 118 valence electrons. The van der Waals surface area contributed by atoms with Gasteiger partial charge < -0.3 is 14.3 Å². The van der Waals surface area contributed by atoms with Crippen LogP contribution in [0.4, 0.5) is 0 Å². The maximum atomic E-state index is 12.2. The van der Waals surface area contributed by atoms with Crippen molar-refractivity contribution in [2.75, 3.05) is 0 Å². The van der Waals surface area contributed by atoms with Gasteiger partial charge >= 0.3 is 0 Å². The molecule has 0 aliphatic carbocycles. The summed E-state index contributed by atoms with van der Waals surface area (Å²) in [6.45, 7) is 0.787. The number of amides is 1. The van der Waals surface area contributed by atoms with Crippen LogP contribution in [-0.4, -0.2) is 26.5 Å². The van der Waals surface area contributed by atoms with E-state index in [0.29, 0.717) is 6.42 Å². The SMILES string of the molecule is O=C(Cc1csc(-c2ccco2)n1)NC1CCc2nccn2C1. The number of hydrogen-bond donors (Lipinski definition) is 1. The van der Waals surface area contributed by atoms with E-state index in [1.807, 2.05) is 29.9 Å².